The van der Waals surface area contributed by atoms with Crippen LogP contribution < -0.4 is 0 Å². The van der Waals surface area contributed by atoms with Crippen LogP contribution in [0.25, 0.3) is 17.4 Å². The van der Waals surface area contributed by atoms with Crippen molar-refractivity contribution in [3.05, 3.63) is 52.6 Å². The van der Waals surface area contributed by atoms with Crippen LogP contribution in [0.4, 0.5) is 0 Å². The molecule has 29 heavy (non-hydrogen) atoms. The zero-order valence-electron chi connectivity index (χ0n) is 15.3. The topological polar surface area (TPSA) is 108 Å². The second kappa shape index (κ2) is 8.62. The Morgan fingerprint density at radius 3 is 2.52 bits per heavy atom. The van der Waals surface area contributed by atoms with Gasteiger partial charge in [0.15, 0.2) is 0 Å². The van der Waals surface area contributed by atoms with Crippen molar-refractivity contribution in [1.29, 1.82) is 0 Å². The van der Waals surface area contributed by atoms with Gasteiger partial charge in [0.25, 0.3) is 5.91 Å². The van der Waals surface area contributed by atoms with Crippen LogP contribution in [0.2, 0.25) is 0 Å². The van der Waals surface area contributed by atoms with Crippen molar-refractivity contribution in [3.63, 3.8) is 0 Å². The van der Waals surface area contributed by atoms with Crippen LogP contribution in [0, 0.1) is 6.92 Å². The van der Waals surface area contributed by atoms with Gasteiger partial charge in [-0.2, -0.15) is 0 Å². The normalized spacial score (nSPS) is 16.4. The first kappa shape index (κ1) is 20.8. The van der Waals surface area contributed by atoms with Crippen molar-refractivity contribution in [3.8, 4) is 11.3 Å². The summed E-state index contributed by atoms with van der Waals surface area (Å²) in [7, 11) is 0. The highest BCUT2D eigenvalue weighted by atomic mass is 32.2. The summed E-state index contributed by atoms with van der Waals surface area (Å²) in [5, 5.41) is 18.2. The third kappa shape index (κ3) is 4.75. The number of carboxylic acids is 2. The van der Waals surface area contributed by atoms with Crippen molar-refractivity contribution < 1.29 is 29.0 Å². The molecule has 0 bridgehead atoms. The molecule has 1 saturated heterocycles. The van der Waals surface area contributed by atoms with Crippen LogP contribution in [-0.4, -0.2) is 43.3 Å². The van der Waals surface area contributed by atoms with Crippen molar-refractivity contribution >= 4 is 52.2 Å². The van der Waals surface area contributed by atoms with Crippen LogP contribution in [-0.2, 0) is 14.4 Å². The number of hydrogen-bond donors (Lipinski definition) is 2. The summed E-state index contributed by atoms with van der Waals surface area (Å²) in [4.78, 5) is 36.2. The average molecular weight is 431 g/mol. The van der Waals surface area contributed by atoms with Gasteiger partial charge in [-0.1, -0.05) is 53.8 Å². The van der Waals surface area contributed by atoms with Gasteiger partial charge >= 0.3 is 11.9 Å². The van der Waals surface area contributed by atoms with E-state index >= 15 is 0 Å². The second-order valence-electron chi connectivity index (χ2n) is 6.41. The van der Waals surface area contributed by atoms with Crippen molar-refractivity contribution in [2.45, 2.75) is 25.8 Å². The number of thioether (sulfide) groups is 1. The molecular weight excluding hydrogens is 414 g/mol. The van der Waals surface area contributed by atoms with Crippen molar-refractivity contribution in [2.75, 3.05) is 0 Å². The van der Waals surface area contributed by atoms with Gasteiger partial charge in [-0.15, -0.1) is 0 Å². The Hall–Kier alpha value is -2.91. The fourth-order valence-corrected chi connectivity index (χ4v) is 4.14. The summed E-state index contributed by atoms with van der Waals surface area (Å²) < 4.78 is 5.85. The molecule has 0 saturated carbocycles. The number of thiocarbonyl (C=S) groups is 1. The maximum atomic E-state index is 12.7. The van der Waals surface area contributed by atoms with Crippen LogP contribution in [0.1, 0.15) is 24.2 Å². The maximum Gasteiger partial charge on any atom is 0.326 e. The van der Waals surface area contributed by atoms with E-state index < -0.39 is 23.9 Å². The maximum absolute atomic E-state index is 12.7. The lowest BCUT2D eigenvalue weighted by molar-refractivity contribution is -0.146. The Kier molecular flexibility index (Phi) is 6.19. The summed E-state index contributed by atoms with van der Waals surface area (Å²) in [6.07, 6.45) is 0.890. The number of carbonyl (C=O) groups is 3. The highest BCUT2D eigenvalue weighted by Crippen LogP contribution is 2.35. The SMILES string of the molecule is Cc1ccc(-c2ccc(/C=C3\SC(=S)N([C@H](CCC(=O)O)C(=O)O)C3=O)o2)cc1. The Labute approximate surface area is 176 Å². The lowest BCUT2D eigenvalue weighted by Crippen LogP contribution is -2.44. The molecule has 0 unspecified atom stereocenters. The van der Waals surface area contributed by atoms with Gasteiger partial charge in [-0.3, -0.25) is 14.5 Å². The van der Waals surface area contributed by atoms with Crippen LogP contribution in [0.3, 0.4) is 0 Å². The van der Waals surface area contributed by atoms with Crippen molar-refractivity contribution in [1.82, 2.24) is 4.90 Å². The molecule has 1 atom stereocenters. The minimum atomic E-state index is -1.33. The van der Waals surface area contributed by atoms with E-state index in [-0.39, 0.29) is 22.1 Å². The van der Waals surface area contributed by atoms with E-state index in [0.717, 1.165) is 27.8 Å². The fourth-order valence-electron chi connectivity index (χ4n) is 2.80. The zero-order valence-corrected chi connectivity index (χ0v) is 17.0. The molecule has 1 fully saturated rings. The minimum absolute atomic E-state index is 0.0735. The summed E-state index contributed by atoms with van der Waals surface area (Å²) >= 11 is 6.13. The monoisotopic (exact) mass is 431 g/mol. The molecular formula is C20H17NO6S2. The minimum Gasteiger partial charge on any atom is -0.481 e. The number of aliphatic carboxylic acids is 2. The number of carbonyl (C=O) groups excluding carboxylic acids is 1. The molecule has 9 heteroatoms. The molecule has 0 spiro atoms. The van der Waals surface area contributed by atoms with Gasteiger partial charge in [-0.05, 0) is 25.5 Å². The molecule has 1 aliphatic heterocycles. The van der Waals surface area contributed by atoms with E-state index in [9.17, 15) is 19.5 Å². The van der Waals surface area contributed by atoms with Gasteiger partial charge in [0.05, 0.1) is 4.91 Å². The number of nitrogens with zero attached hydrogens (tertiary/aromatic N) is 1. The van der Waals surface area contributed by atoms with Gasteiger partial charge in [0, 0.05) is 18.1 Å². The molecule has 1 aromatic carbocycles. The van der Waals surface area contributed by atoms with Crippen LogP contribution in [0.15, 0.2) is 45.7 Å². The highest BCUT2D eigenvalue weighted by molar-refractivity contribution is 8.26. The smallest absolute Gasteiger partial charge is 0.326 e. The van der Waals surface area contributed by atoms with E-state index in [2.05, 4.69) is 0 Å². The third-order valence-electron chi connectivity index (χ3n) is 4.29. The molecule has 0 aliphatic carbocycles. The largest absolute Gasteiger partial charge is 0.481 e. The number of furan rings is 1. The molecule has 150 valence electrons. The summed E-state index contributed by atoms with van der Waals surface area (Å²) in [5.41, 5.74) is 2.02. The predicted molar refractivity (Wildman–Crippen MR) is 112 cm³/mol. The first-order chi connectivity index (χ1) is 13.8. The van der Waals surface area contributed by atoms with E-state index in [4.69, 9.17) is 21.7 Å². The fraction of sp³-hybridized carbons (Fsp3) is 0.200. The van der Waals surface area contributed by atoms with Crippen molar-refractivity contribution in [2.24, 2.45) is 0 Å². The molecule has 3 rings (SSSR count). The quantitative estimate of drug-likeness (QED) is 0.504. The summed E-state index contributed by atoms with van der Waals surface area (Å²) in [5.74, 6) is -1.96. The molecule has 7 nitrogen and oxygen atoms in total. The van der Waals surface area contributed by atoms with Gasteiger partial charge in [0.1, 0.15) is 21.9 Å². The lowest BCUT2D eigenvalue weighted by Gasteiger charge is -2.22. The molecule has 0 radical (unpaired) electrons. The highest BCUT2D eigenvalue weighted by Gasteiger charge is 2.40. The number of amides is 1. The Balaban J connectivity index is 1.81. The standard InChI is InChI=1S/C20H17NO6S2/c1-11-2-4-12(5-3-11)15-8-6-13(27-15)10-16-18(24)21(20(28)29-16)14(19(25)26)7-9-17(22)23/h2-6,8,10,14H,7,9H2,1H3,(H,22,23)(H,25,26)/b16-10-/t14-/m1/s1. The number of aryl methyl sites for hydroxylation is 1. The number of benzene rings is 1. The predicted octanol–water partition coefficient (Wildman–Crippen LogP) is 3.77. The first-order valence-electron chi connectivity index (χ1n) is 8.65. The van der Waals surface area contributed by atoms with Gasteiger partial charge in [-0.25, -0.2) is 4.79 Å². The second-order valence-corrected chi connectivity index (χ2v) is 8.08. The van der Waals surface area contributed by atoms with Crippen LogP contribution in [0.5, 0.6) is 0 Å². The molecule has 1 aliphatic rings. The van der Waals surface area contributed by atoms with Gasteiger partial charge < -0.3 is 14.6 Å². The number of carboxylic acid groups (broad SMARTS) is 2. The first-order valence-corrected chi connectivity index (χ1v) is 9.87. The number of rotatable bonds is 7. The van der Waals surface area contributed by atoms with Crippen LogP contribution >= 0.6 is 24.0 Å². The van der Waals surface area contributed by atoms with E-state index in [1.54, 1.807) is 12.1 Å². The van der Waals surface area contributed by atoms with E-state index in [0.29, 0.717) is 11.5 Å². The lowest BCUT2D eigenvalue weighted by atomic mass is 10.1. The number of hydrogen-bond acceptors (Lipinski definition) is 6. The third-order valence-corrected chi connectivity index (χ3v) is 5.62. The average Bonchev–Trinajstić information content (AvgIpc) is 3.22. The molecule has 2 N–H and O–H groups in total. The van der Waals surface area contributed by atoms with Gasteiger partial charge in [0.2, 0.25) is 0 Å². The Morgan fingerprint density at radius 2 is 1.90 bits per heavy atom. The zero-order chi connectivity index (χ0) is 21.1. The molecule has 1 aromatic heterocycles. The Morgan fingerprint density at radius 1 is 1.21 bits per heavy atom. The van der Waals surface area contributed by atoms with E-state index in [1.807, 2.05) is 31.2 Å². The Bertz CT molecular complexity index is 1010. The molecule has 2 heterocycles. The molecule has 1 amide bonds. The molecule has 2 aromatic rings. The summed E-state index contributed by atoms with van der Waals surface area (Å²) in [6, 6.07) is 9.95. The summed E-state index contributed by atoms with van der Waals surface area (Å²) in [6.45, 7) is 1.99. The van der Waals surface area contributed by atoms with E-state index in [1.165, 1.54) is 6.08 Å².